The minimum Gasteiger partial charge on any atom is -0.320 e. The molecule has 0 spiro atoms. The number of nitrogens with one attached hydrogen (secondary N) is 1. The first-order valence-electron chi connectivity index (χ1n) is 5.27. The molecule has 0 aromatic rings. The van der Waals surface area contributed by atoms with E-state index in [2.05, 4.69) is 10.2 Å². The van der Waals surface area contributed by atoms with E-state index in [9.17, 15) is 8.78 Å². The van der Waals surface area contributed by atoms with Crippen LogP contribution in [0.5, 0.6) is 0 Å². The Hall–Kier alpha value is -0.220. The smallest absolute Gasteiger partial charge is 0.252 e. The highest BCUT2D eigenvalue weighted by Gasteiger charge is 2.39. The van der Waals surface area contributed by atoms with Crippen molar-refractivity contribution in [2.45, 2.75) is 25.2 Å². The first kappa shape index (κ1) is 11.9. The van der Waals surface area contributed by atoms with E-state index in [1.165, 1.54) is 0 Å². The Morgan fingerprint density at radius 3 is 2.43 bits per heavy atom. The molecular formula is C10H20F2N2. The van der Waals surface area contributed by atoms with E-state index in [0.717, 1.165) is 13.1 Å². The number of rotatable bonds is 4. The molecule has 0 bridgehead atoms. The fourth-order valence-corrected chi connectivity index (χ4v) is 1.93. The zero-order valence-electron chi connectivity index (χ0n) is 9.02. The van der Waals surface area contributed by atoms with Crippen LogP contribution in [0.3, 0.4) is 0 Å². The van der Waals surface area contributed by atoms with Gasteiger partial charge in [0.1, 0.15) is 0 Å². The maximum Gasteiger partial charge on any atom is 0.252 e. The third-order valence-electron chi connectivity index (χ3n) is 3.02. The average molecular weight is 206 g/mol. The lowest BCUT2D eigenvalue weighted by Gasteiger charge is -2.34. The Labute approximate surface area is 84.7 Å². The lowest BCUT2D eigenvalue weighted by atomic mass is 9.89. The number of likely N-dealkylation sites (tertiary alicyclic amines) is 1. The topological polar surface area (TPSA) is 15.3 Å². The van der Waals surface area contributed by atoms with Crippen LogP contribution in [-0.2, 0) is 0 Å². The van der Waals surface area contributed by atoms with Crippen LogP contribution in [0.2, 0.25) is 0 Å². The largest absolute Gasteiger partial charge is 0.320 e. The molecule has 0 atom stereocenters. The summed E-state index contributed by atoms with van der Waals surface area (Å²) in [6, 6.07) is 0. The van der Waals surface area contributed by atoms with Gasteiger partial charge in [-0.1, -0.05) is 0 Å². The normalized spacial score (nSPS) is 21.4. The minimum absolute atomic E-state index is 0.0299. The van der Waals surface area contributed by atoms with Crippen LogP contribution in [-0.4, -0.2) is 44.6 Å². The third-order valence-corrected chi connectivity index (χ3v) is 3.02. The lowest BCUT2D eigenvalue weighted by Crippen LogP contribution is -2.40. The predicted molar refractivity (Wildman–Crippen MR) is 53.7 cm³/mol. The Bertz CT molecular complexity index is 166. The van der Waals surface area contributed by atoms with E-state index in [0.29, 0.717) is 19.4 Å². The van der Waals surface area contributed by atoms with Gasteiger partial charge in [0, 0.05) is 18.9 Å². The Balaban J connectivity index is 2.38. The zero-order valence-corrected chi connectivity index (χ0v) is 9.02. The van der Waals surface area contributed by atoms with E-state index >= 15 is 0 Å². The lowest BCUT2D eigenvalue weighted by molar-refractivity contribution is -0.0820. The summed E-state index contributed by atoms with van der Waals surface area (Å²) in [6.07, 6.45) is 1.23. The van der Waals surface area contributed by atoms with Gasteiger partial charge in [0.05, 0.1) is 0 Å². The summed E-state index contributed by atoms with van der Waals surface area (Å²) in [5.74, 6) is -2.89. The first-order chi connectivity index (χ1) is 6.56. The van der Waals surface area contributed by atoms with Gasteiger partial charge in [-0.25, -0.2) is 8.78 Å². The summed E-state index contributed by atoms with van der Waals surface area (Å²) >= 11 is 0. The van der Waals surface area contributed by atoms with E-state index in [1.54, 1.807) is 7.05 Å². The number of nitrogens with zero attached hydrogens (tertiary/aromatic N) is 1. The van der Waals surface area contributed by atoms with Gasteiger partial charge in [-0.3, -0.25) is 0 Å². The highest BCUT2D eigenvalue weighted by atomic mass is 19.3. The Morgan fingerprint density at radius 1 is 1.36 bits per heavy atom. The molecular weight excluding hydrogens is 186 g/mol. The van der Waals surface area contributed by atoms with Gasteiger partial charge in [-0.2, -0.15) is 0 Å². The molecule has 1 rings (SSSR count). The Morgan fingerprint density at radius 2 is 1.93 bits per heavy atom. The van der Waals surface area contributed by atoms with Crippen LogP contribution in [0.25, 0.3) is 0 Å². The van der Waals surface area contributed by atoms with Gasteiger partial charge in [-0.05, 0) is 40.0 Å². The van der Waals surface area contributed by atoms with Crippen LogP contribution < -0.4 is 5.32 Å². The standard InChI is InChI=1S/C10H20F2N2/c1-13-6-5-10(11,12)9-3-7-14(2)8-4-9/h9,13H,3-8H2,1-2H3. The summed E-state index contributed by atoms with van der Waals surface area (Å²) in [5.41, 5.74) is 0. The van der Waals surface area contributed by atoms with Gasteiger partial charge in [0.25, 0.3) is 5.92 Å². The molecule has 0 amide bonds. The second-order valence-corrected chi connectivity index (χ2v) is 4.19. The fraction of sp³-hybridized carbons (Fsp3) is 1.00. The Kier molecular flexibility index (Phi) is 4.26. The van der Waals surface area contributed by atoms with Crippen molar-refractivity contribution >= 4 is 0 Å². The zero-order chi connectivity index (χ0) is 10.6. The fourth-order valence-electron chi connectivity index (χ4n) is 1.93. The molecule has 1 saturated heterocycles. The van der Waals surface area contributed by atoms with Gasteiger partial charge < -0.3 is 10.2 Å². The van der Waals surface area contributed by atoms with Crippen LogP contribution in [0.1, 0.15) is 19.3 Å². The van der Waals surface area contributed by atoms with Crippen LogP contribution in [0.4, 0.5) is 8.78 Å². The molecule has 0 aromatic carbocycles. The molecule has 0 unspecified atom stereocenters. The van der Waals surface area contributed by atoms with Crippen molar-refractivity contribution in [3.63, 3.8) is 0 Å². The molecule has 4 heteroatoms. The summed E-state index contributed by atoms with van der Waals surface area (Å²) in [6.45, 7) is 2.01. The van der Waals surface area contributed by atoms with Gasteiger partial charge in [-0.15, -0.1) is 0 Å². The third kappa shape index (κ3) is 3.17. The minimum atomic E-state index is -2.48. The molecule has 0 radical (unpaired) electrons. The molecule has 1 N–H and O–H groups in total. The molecule has 0 aromatic heterocycles. The quantitative estimate of drug-likeness (QED) is 0.751. The number of alkyl halides is 2. The van der Waals surface area contributed by atoms with Crippen molar-refractivity contribution in [1.82, 2.24) is 10.2 Å². The second-order valence-electron chi connectivity index (χ2n) is 4.19. The molecule has 0 aliphatic carbocycles. The van der Waals surface area contributed by atoms with Gasteiger partial charge in [0.15, 0.2) is 0 Å². The molecule has 2 nitrogen and oxygen atoms in total. The molecule has 0 saturated carbocycles. The van der Waals surface area contributed by atoms with Crippen LogP contribution >= 0.6 is 0 Å². The highest BCUT2D eigenvalue weighted by molar-refractivity contribution is 4.82. The summed E-state index contributed by atoms with van der Waals surface area (Å²) < 4.78 is 27.1. The number of hydrogen-bond acceptors (Lipinski definition) is 2. The molecule has 1 aliphatic heterocycles. The summed E-state index contributed by atoms with van der Waals surface area (Å²) in [7, 11) is 3.70. The SMILES string of the molecule is CNCCC(F)(F)C1CCN(C)CC1. The number of halogens is 2. The van der Waals surface area contributed by atoms with Crippen LogP contribution in [0.15, 0.2) is 0 Å². The van der Waals surface area contributed by atoms with E-state index in [1.807, 2.05) is 7.05 Å². The molecule has 14 heavy (non-hydrogen) atoms. The summed E-state index contributed by atoms with van der Waals surface area (Å²) in [5, 5.41) is 2.78. The van der Waals surface area contributed by atoms with E-state index in [4.69, 9.17) is 0 Å². The van der Waals surface area contributed by atoms with Crippen molar-refractivity contribution in [1.29, 1.82) is 0 Å². The maximum atomic E-state index is 13.6. The predicted octanol–water partition coefficient (Wildman–Crippen LogP) is 1.57. The van der Waals surface area contributed by atoms with Gasteiger partial charge in [0.2, 0.25) is 0 Å². The monoisotopic (exact) mass is 206 g/mol. The van der Waals surface area contributed by atoms with E-state index < -0.39 is 11.8 Å². The van der Waals surface area contributed by atoms with Crippen molar-refractivity contribution < 1.29 is 8.78 Å². The van der Waals surface area contributed by atoms with Crippen molar-refractivity contribution in [3.8, 4) is 0 Å². The second kappa shape index (κ2) is 5.03. The van der Waals surface area contributed by atoms with E-state index in [-0.39, 0.29) is 6.42 Å². The van der Waals surface area contributed by atoms with Crippen LogP contribution in [0, 0.1) is 5.92 Å². The molecule has 84 valence electrons. The van der Waals surface area contributed by atoms with Crippen molar-refractivity contribution in [2.75, 3.05) is 33.7 Å². The number of piperidine rings is 1. The first-order valence-corrected chi connectivity index (χ1v) is 5.27. The van der Waals surface area contributed by atoms with Gasteiger partial charge >= 0.3 is 0 Å². The summed E-state index contributed by atoms with van der Waals surface area (Å²) in [4.78, 5) is 2.12. The average Bonchev–Trinajstić information content (AvgIpc) is 2.16. The van der Waals surface area contributed by atoms with Crippen molar-refractivity contribution in [3.05, 3.63) is 0 Å². The molecule has 1 heterocycles. The van der Waals surface area contributed by atoms with Crippen molar-refractivity contribution in [2.24, 2.45) is 5.92 Å². The highest BCUT2D eigenvalue weighted by Crippen LogP contribution is 2.35. The number of hydrogen-bond donors (Lipinski definition) is 1. The molecule has 1 fully saturated rings. The maximum absolute atomic E-state index is 13.6. The molecule has 1 aliphatic rings.